The Hall–Kier alpha value is -10.1. The smallest absolute Gasteiger partial charge is 0.0991 e. The topological polar surface area (TPSA) is 70.3 Å². The predicted octanol–water partition coefficient (Wildman–Crippen LogP) is 17.3. The zero-order valence-corrected chi connectivity index (χ0v) is 39.8. The Kier molecular flexibility index (Phi) is 10.4. The highest BCUT2D eigenvalue weighted by atomic mass is 15.0. The van der Waals surface area contributed by atoms with Crippen molar-refractivity contribution in [2.24, 2.45) is 0 Å². The van der Waals surface area contributed by atoms with Gasteiger partial charge in [-0.25, -0.2) is 4.98 Å². The Morgan fingerprint density at radius 3 is 1.38 bits per heavy atom. The zero-order chi connectivity index (χ0) is 49.0. The molecule has 0 saturated carbocycles. The van der Waals surface area contributed by atoms with Crippen LogP contribution in [0.1, 0.15) is 16.7 Å². The molecule has 10 aromatic carbocycles. The molecule has 0 radical (unpaired) electrons. The molecule has 0 amide bonds. The molecule has 0 saturated heterocycles. The average molecular weight is 930 g/mol. The summed E-state index contributed by atoms with van der Waals surface area (Å²) < 4.78 is 4.83. The number of benzene rings is 10. The molecule has 0 aliphatic carbocycles. The van der Waals surface area contributed by atoms with Crippen LogP contribution in [-0.4, -0.2) is 14.1 Å². The molecule has 0 unspecified atom stereocenters. The van der Waals surface area contributed by atoms with Gasteiger partial charge in [-0.2, -0.15) is 10.5 Å². The first kappa shape index (κ1) is 43.0. The SMILES string of the molecule is Cc1c(-c2ccccc2)cc(-c2ccccc2)nc1-c1ccc(-n2c3ccccc3c3cc(-c4cccc(C#N)c4)ccc32)c(-c2ccccc2-n2c3ccccc3c3cc(-c4cccc(C#N)c4)ccc32)c1. The zero-order valence-electron chi connectivity index (χ0n) is 39.8. The third kappa shape index (κ3) is 7.35. The first-order valence-electron chi connectivity index (χ1n) is 24.5. The number of rotatable bonds is 8. The van der Waals surface area contributed by atoms with Gasteiger partial charge in [0, 0.05) is 43.8 Å². The lowest BCUT2D eigenvalue weighted by Crippen LogP contribution is -2.03. The van der Waals surface area contributed by atoms with E-state index in [0.29, 0.717) is 11.1 Å². The third-order valence-electron chi connectivity index (χ3n) is 14.4. The van der Waals surface area contributed by atoms with Gasteiger partial charge in [-0.3, -0.25) is 0 Å². The monoisotopic (exact) mass is 929 g/mol. The normalized spacial score (nSPS) is 11.3. The summed E-state index contributed by atoms with van der Waals surface area (Å²) in [6, 6.07) is 89.9. The number of nitrogens with zero attached hydrogens (tertiary/aromatic N) is 5. The predicted molar refractivity (Wildman–Crippen MR) is 300 cm³/mol. The van der Waals surface area contributed by atoms with Gasteiger partial charge in [0.1, 0.15) is 0 Å². The van der Waals surface area contributed by atoms with E-state index in [1.807, 2.05) is 42.5 Å². The van der Waals surface area contributed by atoms with Gasteiger partial charge < -0.3 is 9.13 Å². The van der Waals surface area contributed by atoms with E-state index in [2.05, 4.69) is 228 Å². The number of hydrogen-bond acceptors (Lipinski definition) is 3. The van der Waals surface area contributed by atoms with E-state index in [1.165, 1.54) is 0 Å². The van der Waals surface area contributed by atoms with E-state index in [-0.39, 0.29) is 0 Å². The highest BCUT2D eigenvalue weighted by molar-refractivity contribution is 6.13. The molecule has 0 N–H and O–H groups in total. The second-order valence-electron chi connectivity index (χ2n) is 18.6. The second kappa shape index (κ2) is 17.7. The van der Waals surface area contributed by atoms with Crippen LogP contribution in [-0.2, 0) is 0 Å². The van der Waals surface area contributed by atoms with Crippen molar-refractivity contribution in [2.45, 2.75) is 6.92 Å². The number of para-hydroxylation sites is 3. The number of hydrogen-bond donors (Lipinski definition) is 0. The Bertz CT molecular complexity index is 4410. The Morgan fingerprint density at radius 2 is 0.795 bits per heavy atom. The molecule has 13 rings (SSSR count). The minimum absolute atomic E-state index is 0.632. The molecule has 0 aliphatic heterocycles. The maximum absolute atomic E-state index is 9.80. The molecule has 3 aromatic heterocycles. The Morgan fingerprint density at radius 1 is 0.329 bits per heavy atom. The molecular formula is C68H43N5. The molecule has 0 bridgehead atoms. The summed E-state index contributed by atoms with van der Waals surface area (Å²) in [5, 5.41) is 24.1. The van der Waals surface area contributed by atoms with Crippen molar-refractivity contribution >= 4 is 43.6 Å². The largest absolute Gasteiger partial charge is 0.309 e. The summed E-state index contributed by atoms with van der Waals surface area (Å²) in [6.45, 7) is 2.20. The summed E-state index contributed by atoms with van der Waals surface area (Å²) in [5.74, 6) is 0. The van der Waals surface area contributed by atoms with Gasteiger partial charge in [0.15, 0.2) is 0 Å². The Balaban J connectivity index is 1.09. The summed E-state index contributed by atoms with van der Waals surface area (Å²) in [6.07, 6.45) is 0. The molecule has 0 atom stereocenters. The van der Waals surface area contributed by atoms with Crippen LogP contribution in [0, 0.1) is 29.6 Å². The van der Waals surface area contributed by atoms with Crippen LogP contribution in [0.3, 0.4) is 0 Å². The van der Waals surface area contributed by atoms with Crippen LogP contribution in [0.2, 0.25) is 0 Å². The van der Waals surface area contributed by atoms with Crippen LogP contribution in [0.4, 0.5) is 0 Å². The second-order valence-corrected chi connectivity index (χ2v) is 18.6. The Labute approximate surface area is 423 Å². The van der Waals surface area contributed by atoms with E-state index in [1.54, 1.807) is 0 Å². The van der Waals surface area contributed by atoms with Gasteiger partial charge in [0.2, 0.25) is 0 Å². The van der Waals surface area contributed by atoms with E-state index < -0.39 is 0 Å². The molecule has 0 fully saturated rings. The van der Waals surface area contributed by atoms with Crippen LogP contribution < -0.4 is 0 Å². The summed E-state index contributed by atoms with van der Waals surface area (Å²) in [4.78, 5) is 5.53. The third-order valence-corrected chi connectivity index (χ3v) is 14.4. The summed E-state index contributed by atoms with van der Waals surface area (Å²) in [5.41, 5.74) is 21.2. The van der Waals surface area contributed by atoms with Gasteiger partial charge in [-0.1, -0.05) is 158 Å². The minimum atomic E-state index is 0.632. The van der Waals surface area contributed by atoms with Crippen molar-refractivity contribution in [3.05, 3.63) is 259 Å². The highest BCUT2D eigenvalue weighted by Crippen LogP contribution is 2.44. The fourth-order valence-electron chi connectivity index (χ4n) is 10.9. The van der Waals surface area contributed by atoms with E-state index in [0.717, 1.165) is 128 Å². The quantitative estimate of drug-likeness (QED) is 0.152. The fraction of sp³-hybridized carbons (Fsp3) is 0.0147. The van der Waals surface area contributed by atoms with Gasteiger partial charge in [-0.15, -0.1) is 0 Å². The van der Waals surface area contributed by atoms with Gasteiger partial charge in [-0.05, 0) is 131 Å². The lowest BCUT2D eigenvalue weighted by Gasteiger charge is -2.21. The van der Waals surface area contributed by atoms with Crippen molar-refractivity contribution < 1.29 is 0 Å². The van der Waals surface area contributed by atoms with Crippen LogP contribution in [0.15, 0.2) is 243 Å². The summed E-state index contributed by atoms with van der Waals surface area (Å²) in [7, 11) is 0. The standard InChI is InChI=1S/C68H43N5/c1-44-57(47-18-4-2-5-19-47)41-61(48-20-6-3-7-21-48)71-68(44)53-32-35-67(73-64-29-13-9-25-55(64)59-39-52(31-34-66(59)73)50-23-15-17-46(37-50)43-70)60(40-53)56-26-10-12-28-63(56)72-62-27-11-8-24-54(62)58-38-51(30-33-65(58)72)49-22-14-16-45(36-49)42-69/h2-41H,1H3. The van der Waals surface area contributed by atoms with E-state index in [9.17, 15) is 10.5 Å². The minimum Gasteiger partial charge on any atom is -0.309 e. The van der Waals surface area contributed by atoms with Gasteiger partial charge in [0.25, 0.3) is 0 Å². The molecule has 73 heavy (non-hydrogen) atoms. The van der Waals surface area contributed by atoms with Crippen molar-refractivity contribution in [1.82, 2.24) is 14.1 Å². The van der Waals surface area contributed by atoms with Gasteiger partial charge in [0.05, 0.1) is 68.1 Å². The molecule has 0 aliphatic rings. The van der Waals surface area contributed by atoms with Crippen LogP contribution >= 0.6 is 0 Å². The van der Waals surface area contributed by atoms with Crippen LogP contribution in [0.5, 0.6) is 0 Å². The molecule has 3 heterocycles. The molecule has 5 nitrogen and oxygen atoms in total. The summed E-state index contributed by atoms with van der Waals surface area (Å²) >= 11 is 0. The molecular weight excluding hydrogens is 887 g/mol. The lowest BCUT2D eigenvalue weighted by atomic mass is 9.92. The first-order chi connectivity index (χ1) is 36.0. The number of fused-ring (bicyclic) bond motifs is 6. The number of nitriles is 2. The van der Waals surface area contributed by atoms with E-state index in [4.69, 9.17) is 4.98 Å². The molecule has 5 heteroatoms. The molecule has 340 valence electrons. The number of aromatic nitrogens is 3. The lowest BCUT2D eigenvalue weighted by molar-refractivity contribution is 1.16. The van der Waals surface area contributed by atoms with Crippen molar-refractivity contribution in [3.8, 4) is 90.5 Å². The first-order valence-corrected chi connectivity index (χ1v) is 24.5. The van der Waals surface area contributed by atoms with Crippen molar-refractivity contribution in [1.29, 1.82) is 10.5 Å². The maximum Gasteiger partial charge on any atom is 0.0991 e. The number of pyridine rings is 1. The van der Waals surface area contributed by atoms with Gasteiger partial charge >= 0.3 is 0 Å². The average Bonchev–Trinajstić information content (AvgIpc) is 3.97. The van der Waals surface area contributed by atoms with Crippen molar-refractivity contribution in [3.63, 3.8) is 0 Å². The maximum atomic E-state index is 9.80. The molecule has 0 spiro atoms. The highest BCUT2D eigenvalue weighted by Gasteiger charge is 2.23. The fourth-order valence-corrected chi connectivity index (χ4v) is 10.9. The van der Waals surface area contributed by atoms with Crippen LogP contribution in [0.25, 0.3) is 122 Å². The molecule has 13 aromatic rings. The van der Waals surface area contributed by atoms with E-state index >= 15 is 0 Å². The van der Waals surface area contributed by atoms with Crippen molar-refractivity contribution in [2.75, 3.05) is 0 Å².